The number of rotatable bonds is 1. The van der Waals surface area contributed by atoms with Gasteiger partial charge in [0.15, 0.2) is 5.51 Å². The molecule has 2 rings (SSSR count). The number of fused-ring (bicyclic) bond motifs is 1. The van der Waals surface area contributed by atoms with Gasteiger partial charge in [0.2, 0.25) is 0 Å². The Kier molecular flexibility index (Phi) is 3.23. The molecule has 0 N–H and O–H groups in total. The zero-order chi connectivity index (χ0) is 15.3. The van der Waals surface area contributed by atoms with E-state index in [9.17, 15) is 30.7 Å². The molecular weight excluding hydrogens is 311 g/mol. The van der Waals surface area contributed by atoms with Crippen LogP contribution in [-0.4, -0.2) is 17.3 Å². The zero-order valence-electron chi connectivity index (χ0n) is 9.66. The van der Waals surface area contributed by atoms with Crippen LogP contribution in [0.1, 0.15) is 11.1 Å². The number of halogens is 7. The average molecular weight is 316 g/mol. The van der Waals surface area contributed by atoms with E-state index in [4.69, 9.17) is 0 Å². The Morgan fingerprint density at radius 2 is 1.55 bits per heavy atom. The van der Waals surface area contributed by atoms with Crippen molar-refractivity contribution in [3.05, 3.63) is 28.8 Å². The van der Waals surface area contributed by atoms with Gasteiger partial charge in [0.05, 0.1) is 10.2 Å². The summed E-state index contributed by atoms with van der Waals surface area (Å²) in [7, 11) is 0. The van der Waals surface area contributed by atoms with Crippen molar-refractivity contribution in [2.75, 3.05) is 0 Å². The first-order chi connectivity index (χ1) is 8.98. The number of benzene rings is 1. The molecule has 0 saturated carbocycles. The van der Waals surface area contributed by atoms with E-state index in [-0.39, 0.29) is 15.8 Å². The number of aryl methyl sites for hydroxylation is 1. The first-order valence-corrected chi connectivity index (χ1v) is 5.90. The topological polar surface area (TPSA) is 12.9 Å². The van der Waals surface area contributed by atoms with Crippen molar-refractivity contribution in [2.45, 2.75) is 24.9 Å². The third-order valence-corrected chi connectivity index (χ3v) is 3.47. The van der Waals surface area contributed by atoms with Crippen molar-refractivity contribution in [1.82, 2.24) is 4.98 Å². The molecular formula is C11H5F7NS. The summed E-state index contributed by atoms with van der Waals surface area (Å²) in [5.41, 5.74) is -4.35. The van der Waals surface area contributed by atoms with Crippen molar-refractivity contribution in [1.29, 1.82) is 0 Å². The van der Waals surface area contributed by atoms with Crippen molar-refractivity contribution in [3.63, 3.8) is 0 Å². The quantitative estimate of drug-likeness (QED) is 0.695. The van der Waals surface area contributed by atoms with Gasteiger partial charge in [-0.25, -0.2) is 9.37 Å². The van der Waals surface area contributed by atoms with E-state index in [1.165, 1.54) is 6.92 Å². The Labute approximate surface area is 112 Å². The largest absolute Gasteiger partial charge is 0.435 e. The normalized spacial score (nSPS) is 14.0. The zero-order valence-corrected chi connectivity index (χ0v) is 10.5. The third kappa shape index (κ3) is 2.04. The molecule has 0 fully saturated rings. The summed E-state index contributed by atoms with van der Waals surface area (Å²) in [4.78, 5) is 3.67. The molecule has 0 aliphatic heterocycles. The van der Waals surface area contributed by atoms with Gasteiger partial charge in [-0.1, -0.05) is 0 Å². The second kappa shape index (κ2) is 4.31. The van der Waals surface area contributed by atoms with Gasteiger partial charge >= 0.3 is 18.0 Å². The summed E-state index contributed by atoms with van der Waals surface area (Å²) in [6.07, 6.45) is -12.2. The van der Waals surface area contributed by atoms with Crippen LogP contribution in [0.4, 0.5) is 30.7 Å². The van der Waals surface area contributed by atoms with Crippen LogP contribution in [0.2, 0.25) is 0 Å². The third-order valence-electron chi connectivity index (χ3n) is 2.76. The minimum Gasteiger partial charge on any atom is -0.233 e. The Balaban J connectivity index is 2.76. The number of thiazole rings is 1. The lowest BCUT2D eigenvalue weighted by Gasteiger charge is -2.30. The maximum absolute atomic E-state index is 13.9. The molecule has 0 saturated heterocycles. The molecule has 109 valence electrons. The Morgan fingerprint density at radius 1 is 1.00 bits per heavy atom. The highest BCUT2D eigenvalue weighted by Gasteiger charge is 2.73. The Morgan fingerprint density at radius 3 is 2.05 bits per heavy atom. The summed E-state index contributed by atoms with van der Waals surface area (Å²) in [5.74, 6) is 0. The van der Waals surface area contributed by atoms with Crippen LogP contribution in [-0.2, 0) is 5.67 Å². The van der Waals surface area contributed by atoms with Crippen LogP contribution in [0.25, 0.3) is 10.2 Å². The summed E-state index contributed by atoms with van der Waals surface area (Å²) in [6, 6.07) is 1.02. The fourth-order valence-corrected chi connectivity index (χ4v) is 2.50. The van der Waals surface area contributed by atoms with Crippen molar-refractivity contribution in [3.8, 4) is 0 Å². The molecule has 0 unspecified atom stereocenters. The summed E-state index contributed by atoms with van der Waals surface area (Å²) < 4.78 is 89.7. The second-order valence-corrected chi connectivity index (χ2v) is 4.93. The lowest BCUT2D eigenvalue weighted by atomic mass is 9.92. The number of alkyl halides is 7. The highest BCUT2D eigenvalue weighted by Crippen LogP contribution is 2.53. The minimum atomic E-state index is -6.11. The van der Waals surface area contributed by atoms with E-state index in [1.54, 1.807) is 0 Å². The fraction of sp³-hybridized carbons (Fsp3) is 0.364. The van der Waals surface area contributed by atoms with Crippen LogP contribution in [0.5, 0.6) is 0 Å². The summed E-state index contributed by atoms with van der Waals surface area (Å²) in [6.45, 7) is 1.26. The smallest absolute Gasteiger partial charge is 0.233 e. The molecule has 1 radical (unpaired) electrons. The molecule has 0 spiro atoms. The highest BCUT2D eigenvalue weighted by atomic mass is 32.1. The number of nitrogens with zero attached hydrogens (tertiary/aromatic N) is 1. The van der Waals surface area contributed by atoms with E-state index >= 15 is 0 Å². The summed E-state index contributed by atoms with van der Waals surface area (Å²) in [5, 5.41) is 0. The molecule has 0 atom stereocenters. The molecule has 1 heterocycles. The minimum absolute atomic E-state index is 0.00975. The van der Waals surface area contributed by atoms with E-state index < -0.39 is 23.6 Å². The predicted molar refractivity (Wildman–Crippen MR) is 58.1 cm³/mol. The lowest BCUT2D eigenvalue weighted by molar-refractivity contribution is -0.348. The predicted octanol–water partition coefficient (Wildman–Crippen LogP) is 4.69. The van der Waals surface area contributed by atoms with Gasteiger partial charge in [-0.2, -0.15) is 26.3 Å². The highest BCUT2D eigenvalue weighted by molar-refractivity contribution is 7.16. The Hall–Kier alpha value is -1.38. The van der Waals surface area contributed by atoms with E-state index in [1.807, 2.05) is 0 Å². The lowest BCUT2D eigenvalue weighted by Crippen LogP contribution is -2.50. The molecule has 0 amide bonds. The fourth-order valence-electron chi connectivity index (χ4n) is 1.77. The van der Waals surface area contributed by atoms with Gasteiger partial charge < -0.3 is 0 Å². The molecule has 0 bridgehead atoms. The van der Waals surface area contributed by atoms with Crippen LogP contribution >= 0.6 is 11.3 Å². The molecule has 1 aromatic carbocycles. The molecule has 1 aromatic heterocycles. The van der Waals surface area contributed by atoms with Crippen LogP contribution in [0.3, 0.4) is 0 Å². The maximum atomic E-state index is 13.9. The van der Waals surface area contributed by atoms with Crippen LogP contribution < -0.4 is 0 Å². The molecule has 1 nitrogen and oxygen atoms in total. The first kappa shape index (κ1) is 15.0. The molecule has 20 heavy (non-hydrogen) atoms. The first-order valence-electron chi connectivity index (χ1n) is 5.08. The molecule has 2 aromatic rings. The van der Waals surface area contributed by atoms with Gasteiger partial charge in [-0.05, 0) is 24.6 Å². The number of hydrogen-bond acceptors (Lipinski definition) is 2. The van der Waals surface area contributed by atoms with Gasteiger partial charge in [0.1, 0.15) is 0 Å². The van der Waals surface area contributed by atoms with E-state index in [0.29, 0.717) is 23.5 Å². The standard InChI is InChI=1S/C11H5F7NS/c1-5-2-6(3-7-8(5)19-4-20-7)9(12,10(13,14)15)11(16,17)18/h2-3H,1H3. The molecule has 0 aliphatic carbocycles. The van der Waals surface area contributed by atoms with Crippen molar-refractivity contribution in [2.24, 2.45) is 0 Å². The van der Waals surface area contributed by atoms with Gasteiger partial charge in [0.25, 0.3) is 0 Å². The second-order valence-electron chi connectivity index (χ2n) is 4.10. The van der Waals surface area contributed by atoms with Crippen molar-refractivity contribution >= 4 is 21.6 Å². The number of aromatic nitrogens is 1. The maximum Gasteiger partial charge on any atom is 0.435 e. The molecule has 9 heteroatoms. The monoisotopic (exact) mass is 316 g/mol. The van der Waals surface area contributed by atoms with Gasteiger partial charge in [0, 0.05) is 5.56 Å². The van der Waals surface area contributed by atoms with Gasteiger partial charge in [-0.3, -0.25) is 0 Å². The molecule has 0 aliphatic rings. The van der Waals surface area contributed by atoms with Gasteiger partial charge in [-0.15, -0.1) is 11.3 Å². The summed E-state index contributed by atoms with van der Waals surface area (Å²) >= 11 is 0.716. The average Bonchev–Trinajstić information content (AvgIpc) is 2.73. The van der Waals surface area contributed by atoms with Crippen LogP contribution in [0, 0.1) is 12.4 Å². The van der Waals surface area contributed by atoms with E-state index in [0.717, 1.165) is 0 Å². The number of hydrogen-bond donors (Lipinski definition) is 0. The Bertz CT molecular complexity index is 626. The van der Waals surface area contributed by atoms with E-state index in [2.05, 4.69) is 10.5 Å². The SMILES string of the molecule is Cc1cc(C(F)(C(F)(F)F)C(F)(F)F)cc2s[c]nc12. The van der Waals surface area contributed by atoms with Crippen molar-refractivity contribution < 1.29 is 30.7 Å². The van der Waals surface area contributed by atoms with Crippen LogP contribution in [0.15, 0.2) is 12.1 Å².